The maximum Gasteiger partial charge on any atom is 0.311 e. The number of benzene rings is 2. The van der Waals surface area contributed by atoms with Gasteiger partial charge in [0.2, 0.25) is 5.91 Å². The first-order chi connectivity index (χ1) is 13.9. The standard InChI is InChI=1S/C21H20BrClN2O4/c1-2-13-5-3-4-6-18(13)25-11-14(9-20(25)27)21(28)29-12-19(26)24-15-7-8-16(22)17(23)10-15/h3-8,10,14H,2,9,11-12H2,1H3,(H,24,26)/t14-/m0/s1. The summed E-state index contributed by atoms with van der Waals surface area (Å²) in [5.74, 6) is -1.75. The van der Waals surface area contributed by atoms with E-state index in [0.717, 1.165) is 17.7 Å². The van der Waals surface area contributed by atoms with Crippen LogP contribution in [0.5, 0.6) is 0 Å². The summed E-state index contributed by atoms with van der Waals surface area (Å²) in [4.78, 5) is 38.4. The van der Waals surface area contributed by atoms with Crippen molar-refractivity contribution in [3.05, 3.63) is 57.5 Å². The highest BCUT2D eigenvalue weighted by molar-refractivity contribution is 9.10. The van der Waals surface area contributed by atoms with Crippen LogP contribution in [0.4, 0.5) is 11.4 Å². The molecule has 2 aromatic rings. The largest absolute Gasteiger partial charge is 0.455 e. The minimum atomic E-state index is -0.595. The Labute approximate surface area is 182 Å². The molecule has 0 unspecified atom stereocenters. The lowest BCUT2D eigenvalue weighted by Crippen LogP contribution is -2.28. The minimum Gasteiger partial charge on any atom is -0.455 e. The average molecular weight is 480 g/mol. The lowest BCUT2D eigenvalue weighted by atomic mass is 10.1. The van der Waals surface area contributed by atoms with Gasteiger partial charge in [-0.25, -0.2) is 0 Å². The molecule has 0 aromatic heterocycles. The highest BCUT2D eigenvalue weighted by atomic mass is 79.9. The van der Waals surface area contributed by atoms with Crippen molar-refractivity contribution in [1.82, 2.24) is 0 Å². The molecule has 1 atom stereocenters. The number of amides is 2. The summed E-state index contributed by atoms with van der Waals surface area (Å²) in [6.07, 6.45) is 0.857. The van der Waals surface area contributed by atoms with Crippen LogP contribution >= 0.6 is 27.5 Å². The smallest absolute Gasteiger partial charge is 0.311 e. The number of carbonyl (C=O) groups excluding carboxylic acids is 3. The van der Waals surface area contributed by atoms with E-state index < -0.39 is 24.4 Å². The fourth-order valence-electron chi connectivity index (χ4n) is 3.20. The third-order valence-corrected chi connectivity index (χ3v) is 5.90. The van der Waals surface area contributed by atoms with Crippen molar-refractivity contribution in [2.24, 2.45) is 5.92 Å². The summed E-state index contributed by atoms with van der Waals surface area (Å²) in [7, 11) is 0. The highest BCUT2D eigenvalue weighted by Gasteiger charge is 2.37. The molecule has 0 aliphatic carbocycles. The van der Waals surface area contributed by atoms with Gasteiger partial charge in [0, 0.05) is 28.8 Å². The Morgan fingerprint density at radius 2 is 2.03 bits per heavy atom. The van der Waals surface area contributed by atoms with Crippen molar-refractivity contribution in [3.63, 3.8) is 0 Å². The van der Waals surface area contributed by atoms with Crippen molar-refractivity contribution in [2.45, 2.75) is 19.8 Å². The second kappa shape index (κ2) is 9.41. The third kappa shape index (κ3) is 5.16. The number of rotatable bonds is 6. The van der Waals surface area contributed by atoms with E-state index in [1.807, 2.05) is 31.2 Å². The van der Waals surface area contributed by atoms with E-state index in [-0.39, 0.29) is 18.9 Å². The van der Waals surface area contributed by atoms with E-state index in [0.29, 0.717) is 15.2 Å². The molecule has 0 radical (unpaired) electrons. The lowest BCUT2D eigenvalue weighted by Gasteiger charge is -2.19. The summed E-state index contributed by atoms with van der Waals surface area (Å²) >= 11 is 9.26. The monoisotopic (exact) mass is 478 g/mol. The summed E-state index contributed by atoms with van der Waals surface area (Å²) in [5, 5.41) is 3.07. The number of hydrogen-bond donors (Lipinski definition) is 1. The van der Waals surface area contributed by atoms with Crippen LogP contribution in [-0.4, -0.2) is 30.9 Å². The Balaban J connectivity index is 1.55. The summed E-state index contributed by atoms with van der Waals surface area (Å²) in [6, 6.07) is 12.6. The second-order valence-corrected chi connectivity index (χ2v) is 7.93. The Morgan fingerprint density at radius 1 is 1.28 bits per heavy atom. The van der Waals surface area contributed by atoms with E-state index >= 15 is 0 Å². The molecule has 1 aliphatic rings. The molecule has 0 bridgehead atoms. The zero-order chi connectivity index (χ0) is 21.0. The number of carbonyl (C=O) groups is 3. The van der Waals surface area contributed by atoms with E-state index in [2.05, 4.69) is 21.2 Å². The van der Waals surface area contributed by atoms with Gasteiger partial charge in [0.05, 0.1) is 10.9 Å². The molecule has 3 rings (SSSR count). The first kappa shape index (κ1) is 21.3. The van der Waals surface area contributed by atoms with Crippen LogP contribution < -0.4 is 10.2 Å². The van der Waals surface area contributed by atoms with Crippen molar-refractivity contribution in [1.29, 1.82) is 0 Å². The van der Waals surface area contributed by atoms with E-state index in [1.165, 1.54) is 0 Å². The second-order valence-electron chi connectivity index (χ2n) is 6.67. The van der Waals surface area contributed by atoms with Crippen molar-refractivity contribution in [3.8, 4) is 0 Å². The third-order valence-electron chi connectivity index (χ3n) is 4.67. The Bertz CT molecular complexity index is 950. The number of esters is 1. The van der Waals surface area contributed by atoms with Crippen molar-refractivity contribution >= 4 is 56.7 Å². The summed E-state index contributed by atoms with van der Waals surface area (Å²) in [5.41, 5.74) is 2.36. The van der Waals surface area contributed by atoms with Gasteiger partial charge in [-0.15, -0.1) is 0 Å². The van der Waals surface area contributed by atoms with Gasteiger partial charge in [-0.1, -0.05) is 36.7 Å². The minimum absolute atomic E-state index is 0.0703. The Hall–Kier alpha value is -2.38. The Kier molecular flexibility index (Phi) is 6.92. The SMILES string of the molecule is CCc1ccccc1N1C[C@@H](C(=O)OCC(=O)Nc2ccc(Br)c(Cl)c2)CC1=O. The zero-order valence-corrected chi connectivity index (χ0v) is 18.1. The van der Waals surface area contributed by atoms with Crippen molar-refractivity contribution < 1.29 is 19.1 Å². The summed E-state index contributed by atoms with van der Waals surface area (Å²) < 4.78 is 5.84. The molecule has 8 heteroatoms. The number of para-hydroxylation sites is 1. The topological polar surface area (TPSA) is 75.7 Å². The maximum atomic E-state index is 12.4. The Morgan fingerprint density at radius 3 is 2.76 bits per heavy atom. The fraction of sp³-hybridized carbons (Fsp3) is 0.286. The first-order valence-electron chi connectivity index (χ1n) is 9.18. The number of anilines is 2. The number of ether oxygens (including phenoxy) is 1. The fourth-order valence-corrected chi connectivity index (χ4v) is 3.62. The van der Waals surface area contributed by atoms with E-state index in [9.17, 15) is 14.4 Å². The molecule has 1 aliphatic heterocycles. The molecule has 1 heterocycles. The van der Waals surface area contributed by atoms with Crippen LogP contribution in [0.2, 0.25) is 5.02 Å². The molecule has 1 N–H and O–H groups in total. The molecule has 29 heavy (non-hydrogen) atoms. The van der Waals surface area contributed by atoms with Gasteiger partial charge in [-0.2, -0.15) is 0 Å². The highest BCUT2D eigenvalue weighted by Crippen LogP contribution is 2.29. The van der Waals surface area contributed by atoms with Crippen LogP contribution in [0.15, 0.2) is 46.9 Å². The number of nitrogens with zero attached hydrogens (tertiary/aromatic N) is 1. The molecular formula is C21H20BrClN2O4. The van der Waals surface area contributed by atoms with Crippen LogP contribution in [-0.2, 0) is 25.5 Å². The zero-order valence-electron chi connectivity index (χ0n) is 15.8. The van der Waals surface area contributed by atoms with Gasteiger partial charge >= 0.3 is 5.97 Å². The van der Waals surface area contributed by atoms with Gasteiger partial charge in [0.15, 0.2) is 6.61 Å². The number of halogens is 2. The van der Waals surface area contributed by atoms with Gasteiger partial charge in [-0.05, 0) is 52.2 Å². The molecule has 2 aromatic carbocycles. The molecule has 0 spiro atoms. The van der Waals surface area contributed by atoms with Gasteiger partial charge in [0.25, 0.3) is 5.91 Å². The van der Waals surface area contributed by atoms with Gasteiger partial charge in [-0.3, -0.25) is 14.4 Å². The molecule has 0 saturated carbocycles. The van der Waals surface area contributed by atoms with Gasteiger partial charge in [0.1, 0.15) is 0 Å². The lowest BCUT2D eigenvalue weighted by molar-refractivity contribution is -0.151. The predicted octanol–water partition coefficient (Wildman–Crippen LogP) is 4.20. The quantitative estimate of drug-likeness (QED) is 0.630. The first-order valence-corrected chi connectivity index (χ1v) is 10.4. The van der Waals surface area contributed by atoms with Crippen LogP contribution in [0, 0.1) is 5.92 Å². The summed E-state index contributed by atoms with van der Waals surface area (Å²) in [6.45, 7) is 1.84. The number of aryl methyl sites for hydroxylation is 1. The van der Waals surface area contributed by atoms with Crippen LogP contribution in [0.3, 0.4) is 0 Å². The number of nitrogens with one attached hydrogen (secondary N) is 1. The van der Waals surface area contributed by atoms with Crippen LogP contribution in [0.25, 0.3) is 0 Å². The predicted molar refractivity (Wildman–Crippen MR) is 115 cm³/mol. The molecule has 1 saturated heterocycles. The van der Waals surface area contributed by atoms with E-state index in [4.69, 9.17) is 16.3 Å². The van der Waals surface area contributed by atoms with Crippen LogP contribution in [0.1, 0.15) is 18.9 Å². The normalized spacial score (nSPS) is 16.0. The molecule has 2 amide bonds. The molecule has 1 fully saturated rings. The maximum absolute atomic E-state index is 12.4. The molecular weight excluding hydrogens is 460 g/mol. The molecule has 152 valence electrons. The average Bonchev–Trinajstić information content (AvgIpc) is 3.10. The van der Waals surface area contributed by atoms with E-state index in [1.54, 1.807) is 23.1 Å². The van der Waals surface area contributed by atoms with Gasteiger partial charge < -0.3 is 15.0 Å². The van der Waals surface area contributed by atoms with Crippen molar-refractivity contribution in [2.75, 3.05) is 23.4 Å². The number of hydrogen-bond acceptors (Lipinski definition) is 4. The molecule has 6 nitrogen and oxygen atoms in total.